The lowest BCUT2D eigenvalue weighted by Gasteiger charge is -2.11. The van der Waals surface area contributed by atoms with Gasteiger partial charge in [0.1, 0.15) is 11.4 Å². The number of aliphatic carboxylic acids is 1. The first-order chi connectivity index (χ1) is 8.58. The molecule has 1 heterocycles. The van der Waals surface area contributed by atoms with Crippen molar-refractivity contribution in [3.05, 3.63) is 46.2 Å². The number of benzene rings is 1. The number of rotatable bonds is 4. The molecule has 1 atom stereocenters. The van der Waals surface area contributed by atoms with E-state index in [2.05, 4.69) is 14.9 Å². The molecule has 0 aliphatic rings. The van der Waals surface area contributed by atoms with E-state index in [-0.39, 0.29) is 6.42 Å². The number of carboxylic acids is 1. The molecule has 1 aromatic carbocycles. The Balaban J connectivity index is 2.27. The van der Waals surface area contributed by atoms with Crippen molar-refractivity contribution < 1.29 is 14.5 Å². The van der Waals surface area contributed by atoms with Gasteiger partial charge in [0.15, 0.2) is 0 Å². The van der Waals surface area contributed by atoms with Crippen LogP contribution in [0.3, 0.4) is 0 Å². The summed E-state index contributed by atoms with van der Waals surface area (Å²) in [5, 5.41) is 17.2. The summed E-state index contributed by atoms with van der Waals surface area (Å²) in [6.45, 7) is 1.73. The molecule has 0 saturated heterocycles. The molecule has 2 rings (SSSR count). The lowest BCUT2D eigenvalue weighted by Crippen LogP contribution is -2.15. The molecule has 0 bridgehead atoms. The summed E-state index contributed by atoms with van der Waals surface area (Å²) in [5.74, 6) is -1.60. The number of aryl methyl sites for hydroxylation is 1. The maximum Gasteiger partial charge on any atom is 0.311 e. The molecule has 0 aliphatic heterocycles. The zero-order valence-corrected chi connectivity index (χ0v) is 10.4. The Bertz CT molecular complexity index is 551. The molecule has 1 aromatic heterocycles. The van der Waals surface area contributed by atoms with Crippen LogP contribution < -0.4 is 0 Å². The van der Waals surface area contributed by atoms with Crippen LogP contribution in [0.1, 0.15) is 22.9 Å². The smallest absolute Gasteiger partial charge is 0.311 e. The van der Waals surface area contributed by atoms with Gasteiger partial charge in [0.05, 0.1) is 5.92 Å². The van der Waals surface area contributed by atoms with Gasteiger partial charge >= 0.3 is 5.97 Å². The summed E-state index contributed by atoms with van der Waals surface area (Å²) in [6.07, 6.45) is 0.242. The van der Waals surface area contributed by atoms with E-state index in [0.717, 1.165) is 0 Å². The Morgan fingerprint density at radius 1 is 1.39 bits per heavy atom. The summed E-state index contributed by atoms with van der Waals surface area (Å²) in [5.41, 5.74) is 1.84. The lowest BCUT2D eigenvalue weighted by molar-refractivity contribution is -0.138. The molecule has 0 aliphatic carbocycles. The molecule has 0 fully saturated rings. The van der Waals surface area contributed by atoms with Crippen LogP contribution in [0.4, 0.5) is 0 Å². The highest BCUT2D eigenvalue weighted by Gasteiger charge is 2.23. The van der Waals surface area contributed by atoms with Gasteiger partial charge in [0, 0.05) is 11.4 Å². The van der Waals surface area contributed by atoms with Gasteiger partial charge in [-0.1, -0.05) is 34.0 Å². The Morgan fingerprint density at radius 2 is 2.06 bits per heavy atom. The van der Waals surface area contributed by atoms with Gasteiger partial charge in [0.25, 0.3) is 0 Å². The third kappa shape index (κ3) is 2.68. The molecule has 2 aromatic rings. The predicted molar refractivity (Wildman–Crippen MR) is 64.6 cm³/mol. The third-order valence-corrected chi connectivity index (χ3v) is 2.97. The van der Waals surface area contributed by atoms with Crippen LogP contribution in [0, 0.1) is 6.92 Å². The second kappa shape index (κ2) is 5.18. The largest absolute Gasteiger partial charge is 0.481 e. The maximum absolute atomic E-state index is 11.3. The van der Waals surface area contributed by atoms with Crippen molar-refractivity contribution in [1.82, 2.24) is 10.3 Å². The summed E-state index contributed by atoms with van der Waals surface area (Å²) in [7, 11) is 0. The molecule has 0 amide bonds. The first-order valence-corrected chi connectivity index (χ1v) is 5.72. The van der Waals surface area contributed by atoms with E-state index in [1.54, 1.807) is 31.2 Å². The zero-order valence-electron chi connectivity index (χ0n) is 9.63. The summed E-state index contributed by atoms with van der Waals surface area (Å²) < 4.78 is 4.57. The molecule has 0 saturated carbocycles. The zero-order chi connectivity index (χ0) is 13.1. The SMILES string of the molecule is Cc1nonc1CC(C(=O)O)c1ccc(Cl)cc1. The average Bonchev–Trinajstić information content (AvgIpc) is 2.73. The van der Waals surface area contributed by atoms with Crippen molar-refractivity contribution in [2.45, 2.75) is 19.3 Å². The minimum absolute atomic E-state index is 0.242. The van der Waals surface area contributed by atoms with Crippen LogP contribution >= 0.6 is 11.6 Å². The summed E-state index contributed by atoms with van der Waals surface area (Å²) in [6, 6.07) is 6.73. The Morgan fingerprint density at radius 3 is 2.56 bits per heavy atom. The van der Waals surface area contributed by atoms with Crippen LogP contribution in [0.25, 0.3) is 0 Å². The summed E-state index contributed by atoms with van der Waals surface area (Å²) in [4.78, 5) is 11.3. The Kier molecular flexibility index (Phi) is 3.62. The number of carboxylic acid groups (broad SMARTS) is 1. The third-order valence-electron chi connectivity index (χ3n) is 2.71. The molecule has 5 nitrogen and oxygen atoms in total. The molecule has 6 heteroatoms. The second-order valence-electron chi connectivity index (χ2n) is 3.94. The maximum atomic E-state index is 11.3. The van der Waals surface area contributed by atoms with E-state index >= 15 is 0 Å². The van der Waals surface area contributed by atoms with Crippen molar-refractivity contribution >= 4 is 17.6 Å². The van der Waals surface area contributed by atoms with Crippen LogP contribution in [-0.2, 0) is 11.2 Å². The van der Waals surface area contributed by atoms with Crippen LogP contribution in [0.5, 0.6) is 0 Å². The van der Waals surface area contributed by atoms with Crippen molar-refractivity contribution in [3.63, 3.8) is 0 Å². The van der Waals surface area contributed by atoms with Crippen molar-refractivity contribution in [2.75, 3.05) is 0 Å². The topological polar surface area (TPSA) is 76.2 Å². The van der Waals surface area contributed by atoms with E-state index in [1.165, 1.54) is 0 Å². The van der Waals surface area contributed by atoms with Gasteiger partial charge in [0.2, 0.25) is 0 Å². The number of halogens is 1. The lowest BCUT2D eigenvalue weighted by atomic mass is 9.94. The quantitative estimate of drug-likeness (QED) is 0.920. The van der Waals surface area contributed by atoms with Crippen LogP contribution in [-0.4, -0.2) is 21.4 Å². The minimum atomic E-state index is -0.917. The van der Waals surface area contributed by atoms with Crippen molar-refractivity contribution in [2.24, 2.45) is 0 Å². The van der Waals surface area contributed by atoms with Gasteiger partial charge in [-0.25, -0.2) is 4.63 Å². The van der Waals surface area contributed by atoms with Crippen molar-refractivity contribution in [1.29, 1.82) is 0 Å². The highest BCUT2D eigenvalue weighted by atomic mass is 35.5. The average molecular weight is 267 g/mol. The predicted octanol–water partition coefficient (Wildman–Crippen LogP) is 2.44. The van der Waals surface area contributed by atoms with E-state index in [4.69, 9.17) is 11.6 Å². The highest BCUT2D eigenvalue weighted by molar-refractivity contribution is 6.30. The number of carbonyl (C=O) groups is 1. The molecule has 94 valence electrons. The second-order valence-corrected chi connectivity index (χ2v) is 4.38. The van der Waals surface area contributed by atoms with Gasteiger partial charge in [-0.2, -0.15) is 0 Å². The van der Waals surface area contributed by atoms with Gasteiger partial charge in [-0.05, 0) is 24.6 Å². The van der Waals surface area contributed by atoms with E-state index in [0.29, 0.717) is 22.0 Å². The molecule has 0 spiro atoms. The number of aromatic nitrogens is 2. The van der Waals surface area contributed by atoms with Gasteiger partial charge < -0.3 is 5.11 Å². The van der Waals surface area contributed by atoms with E-state index < -0.39 is 11.9 Å². The molecular weight excluding hydrogens is 256 g/mol. The van der Waals surface area contributed by atoms with Crippen LogP contribution in [0.2, 0.25) is 5.02 Å². The monoisotopic (exact) mass is 266 g/mol. The fraction of sp³-hybridized carbons (Fsp3) is 0.250. The fourth-order valence-electron chi connectivity index (χ4n) is 1.67. The first-order valence-electron chi connectivity index (χ1n) is 5.34. The standard InChI is InChI=1S/C12H11ClN2O3/c1-7-11(15-18-14-7)6-10(12(16)17)8-2-4-9(13)5-3-8/h2-5,10H,6H2,1H3,(H,16,17). The molecule has 18 heavy (non-hydrogen) atoms. The number of hydrogen-bond donors (Lipinski definition) is 1. The van der Waals surface area contributed by atoms with E-state index in [9.17, 15) is 9.90 Å². The van der Waals surface area contributed by atoms with Crippen LogP contribution in [0.15, 0.2) is 28.9 Å². The highest BCUT2D eigenvalue weighted by Crippen LogP contribution is 2.23. The molecule has 0 radical (unpaired) electrons. The fourth-order valence-corrected chi connectivity index (χ4v) is 1.80. The number of hydrogen-bond acceptors (Lipinski definition) is 4. The number of nitrogens with zero attached hydrogens (tertiary/aromatic N) is 2. The Hall–Kier alpha value is -1.88. The minimum Gasteiger partial charge on any atom is -0.481 e. The summed E-state index contributed by atoms with van der Waals surface area (Å²) >= 11 is 5.78. The van der Waals surface area contributed by atoms with E-state index in [1.807, 2.05) is 0 Å². The Labute approximate surface area is 108 Å². The van der Waals surface area contributed by atoms with Crippen molar-refractivity contribution in [3.8, 4) is 0 Å². The molecule has 1 unspecified atom stereocenters. The van der Waals surface area contributed by atoms with Gasteiger partial charge in [-0.3, -0.25) is 4.79 Å². The van der Waals surface area contributed by atoms with Gasteiger partial charge in [-0.15, -0.1) is 0 Å². The molecular formula is C12H11ClN2O3. The normalized spacial score (nSPS) is 12.3. The first kappa shape index (κ1) is 12.6. The molecule has 1 N–H and O–H groups in total.